The molecule has 0 saturated carbocycles. The van der Waals surface area contributed by atoms with E-state index < -0.39 is 27.5 Å². The van der Waals surface area contributed by atoms with Gasteiger partial charge < -0.3 is 20.7 Å². The molecule has 0 spiro atoms. The van der Waals surface area contributed by atoms with E-state index in [1.54, 1.807) is 55.1 Å². The molecule has 1 aliphatic rings. The van der Waals surface area contributed by atoms with E-state index in [-0.39, 0.29) is 36.2 Å². The van der Waals surface area contributed by atoms with Gasteiger partial charge in [-0.1, -0.05) is 66.2 Å². The lowest BCUT2D eigenvalue weighted by molar-refractivity contribution is -0.138. The van der Waals surface area contributed by atoms with Gasteiger partial charge in [-0.3, -0.25) is 14.3 Å². The fourth-order valence-electron chi connectivity index (χ4n) is 5.20. The summed E-state index contributed by atoms with van der Waals surface area (Å²) in [6.07, 6.45) is 0.863. The summed E-state index contributed by atoms with van der Waals surface area (Å²) < 4.78 is 34.5. The van der Waals surface area contributed by atoms with Crippen LogP contribution in [0.4, 0.5) is 5.69 Å². The summed E-state index contributed by atoms with van der Waals surface area (Å²) in [5, 5.41) is 2.87. The Bertz CT molecular complexity index is 1790. The minimum absolute atomic E-state index is 0. The number of sulfonamides is 1. The first kappa shape index (κ1) is 35.5. The van der Waals surface area contributed by atoms with Crippen molar-refractivity contribution in [1.29, 1.82) is 0 Å². The Hall–Kier alpha value is -4.38. The molecule has 2 amide bonds. The third-order valence-electron chi connectivity index (χ3n) is 7.91. The number of fused-ring (bicyclic) bond motifs is 1. The smallest absolute Gasteiger partial charge is 0.261 e. The molecule has 1 aliphatic heterocycles. The van der Waals surface area contributed by atoms with Crippen LogP contribution in [-0.4, -0.2) is 43.3 Å². The van der Waals surface area contributed by atoms with Crippen LogP contribution in [-0.2, 0) is 45.6 Å². The largest absolute Gasteiger partial charge is 0.489 e. The van der Waals surface area contributed by atoms with Crippen molar-refractivity contribution in [3.05, 3.63) is 125 Å². The van der Waals surface area contributed by atoms with Gasteiger partial charge in [-0.25, -0.2) is 8.42 Å². The van der Waals surface area contributed by atoms with Crippen molar-refractivity contribution in [2.24, 2.45) is 5.73 Å². The van der Waals surface area contributed by atoms with Crippen LogP contribution in [0.15, 0.2) is 102 Å². The molecular weight excluding hydrogens is 636 g/mol. The predicted molar refractivity (Wildman–Crippen MR) is 186 cm³/mol. The van der Waals surface area contributed by atoms with E-state index in [2.05, 4.69) is 10.0 Å². The second kappa shape index (κ2) is 15.0. The second-order valence-electron chi connectivity index (χ2n) is 12.3. The van der Waals surface area contributed by atoms with Crippen LogP contribution in [0.5, 0.6) is 5.75 Å². The number of anilines is 1. The lowest BCUT2D eigenvalue weighted by Crippen LogP contribution is -2.57. The molecule has 0 bridgehead atoms. The van der Waals surface area contributed by atoms with Gasteiger partial charge in [-0.05, 0) is 85.8 Å². The summed E-state index contributed by atoms with van der Waals surface area (Å²) >= 11 is 0. The number of carbonyl (C=O) groups excluding carboxylic acids is 2. The van der Waals surface area contributed by atoms with Crippen molar-refractivity contribution >= 4 is 39.9 Å². The van der Waals surface area contributed by atoms with Gasteiger partial charge in [0.15, 0.2) is 0 Å². The molecule has 0 fully saturated rings. The maximum Gasteiger partial charge on any atom is 0.261 e. The first-order chi connectivity index (χ1) is 21.9. The van der Waals surface area contributed by atoms with Gasteiger partial charge in [-0.15, -0.1) is 12.4 Å². The van der Waals surface area contributed by atoms with Gasteiger partial charge in [0.1, 0.15) is 18.4 Å². The number of hydrogen-bond acceptors (Lipinski definition) is 6. The van der Waals surface area contributed by atoms with E-state index in [4.69, 9.17) is 10.5 Å². The van der Waals surface area contributed by atoms with Crippen molar-refractivity contribution in [3.63, 3.8) is 0 Å². The molecule has 1 heterocycles. The number of nitrogens with two attached hydrogens (primary N) is 1. The molecule has 0 aromatic heterocycles. The van der Waals surface area contributed by atoms with Crippen LogP contribution in [0, 0.1) is 6.92 Å². The molecular formula is C36H41ClN4O5S. The monoisotopic (exact) mass is 676 g/mol. The second-order valence-corrected chi connectivity index (χ2v) is 14.0. The van der Waals surface area contributed by atoms with Crippen LogP contribution in [0.3, 0.4) is 0 Å². The number of carbonyl (C=O) groups is 2. The molecule has 0 saturated heterocycles. The van der Waals surface area contributed by atoms with Crippen molar-refractivity contribution in [1.82, 2.24) is 10.2 Å². The Morgan fingerprint density at radius 1 is 0.915 bits per heavy atom. The normalized spacial score (nSPS) is 13.5. The third-order valence-corrected chi connectivity index (χ3v) is 9.31. The SMILES string of the molecule is Cc1ccc(S(=O)(=O)Nc2ccc3c(c2)CN(C(=O)[C@@H](Cc2ccc(OCc4ccccc4)cc2)NC(=O)C(C)(C)N)CC3)cc1.Cl. The van der Waals surface area contributed by atoms with Gasteiger partial charge >= 0.3 is 0 Å². The van der Waals surface area contributed by atoms with Gasteiger partial charge in [0.2, 0.25) is 11.8 Å². The van der Waals surface area contributed by atoms with Crippen LogP contribution in [0.2, 0.25) is 0 Å². The van der Waals surface area contributed by atoms with Gasteiger partial charge in [0, 0.05) is 25.2 Å². The topological polar surface area (TPSA) is 131 Å². The minimum atomic E-state index is -3.78. The zero-order valence-electron chi connectivity index (χ0n) is 26.7. The summed E-state index contributed by atoms with van der Waals surface area (Å²) in [4.78, 5) is 28.8. The van der Waals surface area contributed by atoms with Gasteiger partial charge in [0.05, 0.1) is 10.4 Å². The number of nitrogens with one attached hydrogen (secondary N) is 2. The Balaban J connectivity index is 0.00000500. The van der Waals surface area contributed by atoms with Crippen LogP contribution in [0.25, 0.3) is 0 Å². The maximum absolute atomic E-state index is 14.0. The molecule has 4 N–H and O–H groups in total. The number of benzene rings is 4. The van der Waals surface area contributed by atoms with Gasteiger partial charge in [0.25, 0.3) is 10.0 Å². The lowest BCUT2D eigenvalue weighted by Gasteiger charge is -2.33. The van der Waals surface area contributed by atoms with E-state index in [9.17, 15) is 18.0 Å². The third kappa shape index (κ3) is 9.34. The molecule has 9 nitrogen and oxygen atoms in total. The van der Waals surface area contributed by atoms with E-state index in [1.807, 2.05) is 67.6 Å². The molecule has 5 rings (SSSR count). The van der Waals surface area contributed by atoms with E-state index in [0.29, 0.717) is 31.0 Å². The van der Waals surface area contributed by atoms with Crippen molar-refractivity contribution in [2.45, 2.75) is 63.2 Å². The molecule has 4 aromatic carbocycles. The quantitative estimate of drug-likeness (QED) is 0.202. The molecule has 11 heteroatoms. The summed E-state index contributed by atoms with van der Waals surface area (Å²) in [7, 11) is -3.78. The van der Waals surface area contributed by atoms with Crippen molar-refractivity contribution in [2.75, 3.05) is 11.3 Å². The van der Waals surface area contributed by atoms with Crippen LogP contribution < -0.4 is 20.5 Å². The Morgan fingerprint density at radius 3 is 2.26 bits per heavy atom. The molecule has 1 atom stereocenters. The average Bonchev–Trinajstić information content (AvgIpc) is 3.03. The highest BCUT2D eigenvalue weighted by Crippen LogP contribution is 2.26. The molecule has 248 valence electrons. The number of aryl methyl sites for hydroxylation is 1. The number of hydrogen-bond donors (Lipinski definition) is 3. The number of nitrogens with zero attached hydrogens (tertiary/aromatic N) is 1. The average molecular weight is 677 g/mol. The van der Waals surface area contributed by atoms with E-state index in [1.165, 1.54) is 0 Å². The Kier molecular flexibility index (Phi) is 11.3. The molecule has 0 unspecified atom stereocenters. The Morgan fingerprint density at radius 2 is 1.60 bits per heavy atom. The molecule has 0 aliphatic carbocycles. The summed E-state index contributed by atoms with van der Waals surface area (Å²) in [5.41, 5.74) is 10.1. The van der Waals surface area contributed by atoms with E-state index in [0.717, 1.165) is 27.8 Å². The highest BCUT2D eigenvalue weighted by atomic mass is 35.5. The molecule has 47 heavy (non-hydrogen) atoms. The summed E-state index contributed by atoms with van der Waals surface area (Å²) in [5.74, 6) is 0.0289. The Labute approximate surface area is 283 Å². The highest BCUT2D eigenvalue weighted by Gasteiger charge is 2.32. The lowest BCUT2D eigenvalue weighted by atomic mass is 9.97. The maximum atomic E-state index is 14.0. The van der Waals surface area contributed by atoms with E-state index >= 15 is 0 Å². The zero-order valence-corrected chi connectivity index (χ0v) is 28.4. The summed E-state index contributed by atoms with van der Waals surface area (Å²) in [6, 6.07) is 28.5. The zero-order chi connectivity index (χ0) is 32.9. The standard InChI is InChI=1S/C36H40N4O5S.ClH/c1-25-9-17-32(18-10-25)46(43,44)39-30-14-13-28-19-20-40(23-29(28)22-30)34(41)33(38-35(42)36(2,3)37)21-26-11-15-31(16-12-26)45-24-27-7-5-4-6-8-27;/h4-18,22,33,39H,19-21,23-24,37H2,1-3H3,(H,38,42);1H/t33-;/m1./s1. The summed E-state index contributed by atoms with van der Waals surface area (Å²) in [6.45, 7) is 6.27. The fourth-order valence-corrected chi connectivity index (χ4v) is 6.25. The number of amides is 2. The van der Waals surface area contributed by atoms with Crippen LogP contribution in [0.1, 0.15) is 41.7 Å². The molecule has 0 radical (unpaired) electrons. The van der Waals surface area contributed by atoms with Crippen molar-refractivity contribution in [3.8, 4) is 5.75 Å². The minimum Gasteiger partial charge on any atom is -0.489 e. The molecule has 4 aromatic rings. The predicted octanol–water partition coefficient (Wildman–Crippen LogP) is 5.15. The van der Waals surface area contributed by atoms with Gasteiger partial charge in [-0.2, -0.15) is 0 Å². The first-order valence-electron chi connectivity index (χ1n) is 15.2. The van der Waals surface area contributed by atoms with Crippen LogP contribution >= 0.6 is 12.4 Å². The first-order valence-corrected chi connectivity index (χ1v) is 16.7. The highest BCUT2D eigenvalue weighted by molar-refractivity contribution is 7.92. The fraction of sp³-hybridized carbons (Fsp3) is 0.278. The van der Waals surface area contributed by atoms with Crippen molar-refractivity contribution < 1.29 is 22.7 Å². The number of halogens is 1. The number of ether oxygens (including phenoxy) is 1. The number of rotatable bonds is 11.